The van der Waals surface area contributed by atoms with Gasteiger partial charge in [0, 0.05) is 5.92 Å². The molecule has 0 aromatic carbocycles. The van der Waals surface area contributed by atoms with Gasteiger partial charge in [0.1, 0.15) is 0 Å². The number of alkyl halides is 1. The molecule has 0 aromatic rings. The summed E-state index contributed by atoms with van der Waals surface area (Å²) in [6, 6.07) is 0. The monoisotopic (exact) mass is 144 g/mol. The van der Waals surface area contributed by atoms with Crippen molar-refractivity contribution in [1.82, 2.24) is 0 Å². The maximum atomic E-state index is 12.6. The molecule has 1 saturated heterocycles. The molecule has 0 aromatic heterocycles. The number of hydrogen-bond acceptors (Lipinski definition) is 1. The molecule has 0 unspecified atom stereocenters. The van der Waals surface area contributed by atoms with Crippen LogP contribution in [0.3, 0.4) is 0 Å². The molecule has 1 aliphatic heterocycles. The fourth-order valence-corrected chi connectivity index (χ4v) is 1.95. The molecule has 0 radical (unpaired) electrons. The highest BCUT2D eigenvalue weighted by atomic mass is 19.1. The number of ether oxygens (including phenoxy) is 1. The Balaban J connectivity index is 1.93. The fraction of sp³-hybridized carbons (Fsp3) is 1.00. The Bertz CT molecular complexity index is 126. The van der Waals surface area contributed by atoms with Gasteiger partial charge in [0.05, 0.1) is 6.10 Å². The number of halogens is 1. The van der Waals surface area contributed by atoms with Crippen molar-refractivity contribution in [3.63, 3.8) is 0 Å². The Morgan fingerprint density at radius 3 is 2.70 bits per heavy atom. The number of rotatable bonds is 0. The molecule has 0 bridgehead atoms. The van der Waals surface area contributed by atoms with Crippen molar-refractivity contribution >= 4 is 0 Å². The molecule has 1 saturated carbocycles. The lowest BCUT2D eigenvalue weighted by Crippen LogP contribution is -2.45. The topological polar surface area (TPSA) is 9.23 Å². The second-order valence-corrected chi connectivity index (χ2v) is 3.33. The Labute approximate surface area is 60.6 Å². The predicted octanol–water partition coefficient (Wildman–Crippen LogP) is 2.26. The Kier molecular flexibility index (Phi) is 1.65. The maximum Gasteiger partial charge on any atom is 0.204 e. The zero-order chi connectivity index (χ0) is 6.97. The number of fused-ring (bicyclic) bond motifs is 1. The molecule has 0 spiro atoms. The standard InChI is InChI=1S/C8H13FO/c9-8-6-4-2-1-3-5-7(6)10-8/h6-8H,1-5H2/t6-,7-,8-/m0/s1. The summed E-state index contributed by atoms with van der Waals surface area (Å²) in [6.07, 6.45) is 5.18. The van der Waals surface area contributed by atoms with Gasteiger partial charge in [-0.3, -0.25) is 0 Å². The van der Waals surface area contributed by atoms with E-state index in [2.05, 4.69) is 0 Å². The first-order valence-corrected chi connectivity index (χ1v) is 4.17. The molecule has 1 aliphatic carbocycles. The van der Waals surface area contributed by atoms with Crippen molar-refractivity contribution in [1.29, 1.82) is 0 Å². The smallest absolute Gasteiger partial charge is 0.204 e. The quantitative estimate of drug-likeness (QED) is 0.506. The minimum Gasteiger partial charge on any atom is -0.344 e. The molecule has 2 heteroatoms. The van der Waals surface area contributed by atoms with Crippen molar-refractivity contribution in [2.24, 2.45) is 5.92 Å². The molecular formula is C8H13FO. The van der Waals surface area contributed by atoms with Crippen molar-refractivity contribution in [2.75, 3.05) is 0 Å². The first-order chi connectivity index (χ1) is 4.88. The van der Waals surface area contributed by atoms with E-state index in [-0.39, 0.29) is 12.0 Å². The van der Waals surface area contributed by atoms with Crippen LogP contribution in [0.15, 0.2) is 0 Å². The van der Waals surface area contributed by atoms with Crippen LogP contribution in [-0.2, 0) is 4.74 Å². The van der Waals surface area contributed by atoms with Crippen LogP contribution < -0.4 is 0 Å². The lowest BCUT2D eigenvalue weighted by atomic mass is 9.92. The van der Waals surface area contributed by atoms with Crippen LogP contribution in [-0.4, -0.2) is 12.5 Å². The summed E-state index contributed by atoms with van der Waals surface area (Å²) >= 11 is 0. The molecule has 1 heterocycles. The van der Waals surface area contributed by atoms with E-state index in [4.69, 9.17) is 4.74 Å². The van der Waals surface area contributed by atoms with Gasteiger partial charge < -0.3 is 4.74 Å². The van der Waals surface area contributed by atoms with Gasteiger partial charge in [-0.15, -0.1) is 0 Å². The van der Waals surface area contributed by atoms with E-state index in [1.165, 1.54) is 19.3 Å². The molecule has 0 N–H and O–H groups in total. The first kappa shape index (κ1) is 6.59. The summed E-state index contributed by atoms with van der Waals surface area (Å²) in [5.41, 5.74) is 0. The molecule has 3 atom stereocenters. The van der Waals surface area contributed by atoms with Crippen molar-refractivity contribution in [3.05, 3.63) is 0 Å². The van der Waals surface area contributed by atoms with E-state index < -0.39 is 6.36 Å². The largest absolute Gasteiger partial charge is 0.344 e. The third-order valence-electron chi connectivity index (χ3n) is 2.65. The van der Waals surface area contributed by atoms with E-state index in [9.17, 15) is 4.39 Å². The minimum atomic E-state index is -0.928. The summed E-state index contributed by atoms with van der Waals surface area (Å²) in [7, 11) is 0. The SMILES string of the molecule is F[C@H]1O[C@H]2CCCCC[C@@H]21. The van der Waals surface area contributed by atoms with Gasteiger partial charge in [-0.05, 0) is 12.8 Å². The molecular weight excluding hydrogens is 131 g/mol. The second kappa shape index (κ2) is 2.50. The summed E-state index contributed by atoms with van der Waals surface area (Å²) in [5, 5.41) is 0. The summed E-state index contributed by atoms with van der Waals surface area (Å²) in [4.78, 5) is 0. The van der Waals surface area contributed by atoms with Gasteiger partial charge in [0.15, 0.2) is 0 Å². The van der Waals surface area contributed by atoms with Crippen LogP contribution in [0.1, 0.15) is 32.1 Å². The van der Waals surface area contributed by atoms with Crippen LogP contribution in [0.4, 0.5) is 4.39 Å². The van der Waals surface area contributed by atoms with E-state index in [1.54, 1.807) is 0 Å². The lowest BCUT2D eigenvalue weighted by molar-refractivity contribution is -0.245. The molecule has 2 aliphatic rings. The fourth-order valence-electron chi connectivity index (χ4n) is 1.95. The molecule has 1 nitrogen and oxygen atoms in total. The zero-order valence-corrected chi connectivity index (χ0v) is 6.05. The first-order valence-electron chi connectivity index (χ1n) is 4.17. The van der Waals surface area contributed by atoms with Crippen LogP contribution in [0.2, 0.25) is 0 Å². The predicted molar refractivity (Wildman–Crippen MR) is 36.3 cm³/mol. The van der Waals surface area contributed by atoms with Crippen LogP contribution in [0.25, 0.3) is 0 Å². The zero-order valence-electron chi connectivity index (χ0n) is 6.05. The normalized spacial score (nSPS) is 47.1. The summed E-state index contributed by atoms with van der Waals surface area (Å²) < 4.78 is 17.6. The lowest BCUT2D eigenvalue weighted by Gasteiger charge is -2.38. The van der Waals surface area contributed by atoms with Crippen LogP contribution in [0.5, 0.6) is 0 Å². The molecule has 0 amide bonds. The van der Waals surface area contributed by atoms with Crippen molar-refractivity contribution in [3.8, 4) is 0 Å². The highest BCUT2D eigenvalue weighted by molar-refractivity contribution is 4.84. The van der Waals surface area contributed by atoms with Gasteiger partial charge in [0.2, 0.25) is 6.36 Å². The third kappa shape index (κ3) is 0.947. The highest BCUT2D eigenvalue weighted by Gasteiger charge is 2.42. The summed E-state index contributed by atoms with van der Waals surface area (Å²) in [6.45, 7) is 0. The Hall–Kier alpha value is -0.110. The van der Waals surface area contributed by atoms with Crippen molar-refractivity contribution < 1.29 is 9.13 Å². The average molecular weight is 144 g/mol. The van der Waals surface area contributed by atoms with Crippen LogP contribution >= 0.6 is 0 Å². The van der Waals surface area contributed by atoms with Gasteiger partial charge in [-0.2, -0.15) is 0 Å². The Morgan fingerprint density at radius 2 is 1.90 bits per heavy atom. The van der Waals surface area contributed by atoms with E-state index in [1.807, 2.05) is 0 Å². The van der Waals surface area contributed by atoms with E-state index in [0.29, 0.717) is 0 Å². The van der Waals surface area contributed by atoms with E-state index in [0.717, 1.165) is 12.8 Å². The van der Waals surface area contributed by atoms with Crippen molar-refractivity contribution in [2.45, 2.75) is 44.6 Å². The Morgan fingerprint density at radius 1 is 1.10 bits per heavy atom. The summed E-state index contributed by atoms with van der Waals surface area (Å²) in [5.74, 6) is 0.252. The molecule has 2 fully saturated rings. The average Bonchev–Trinajstić information content (AvgIpc) is 2.09. The highest BCUT2D eigenvalue weighted by Crippen LogP contribution is 2.38. The minimum absolute atomic E-state index is 0.252. The third-order valence-corrected chi connectivity index (χ3v) is 2.65. The maximum absolute atomic E-state index is 12.6. The molecule has 2 rings (SSSR count). The molecule has 10 heavy (non-hydrogen) atoms. The van der Waals surface area contributed by atoms with Gasteiger partial charge in [-0.1, -0.05) is 19.3 Å². The number of hydrogen-bond donors (Lipinski definition) is 0. The van der Waals surface area contributed by atoms with Gasteiger partial charge >= 0.3 is 0 Å². The van der Waals surface area contributed by atoms with Crippen LogP contribution in [0, 0.1) is 5.92 Å². The second-order valence-electron chi connectivity index (χ2n) is 3.33. The van der Waals surface area contributed by atoms with Gasteiger partial charge in [-0.25, -0.2) is 4.39 Å². The van der Waals surface area contributed by atoms with E-state index >= 15 is 0 Å². The molecule has 58 valence electrons. The van der Waals surface area contributed by atoms with Gasteiger partial charge in [0.25, 0.3) is 0 Å².